The molecule has 0 N–H and O–H groups in total. The van der Waals surface area contributed by atoms with Crippen molar-refractivity contribution in [1.29, 1.82) is 0 Å². The van der Waals surface area contributed by atoms with E-state index in [-0.39, 0.29) is 6.29 Å². The van der Waals surface area contributed by atoms with E-state index in [1.54, 1.807) is 0 Å². The van der Waals surface area contributed by atoms with Gasteiger partial charge in [0.05, 0.1) is 13.2 Å². The second-order valence-electron chi connectivity index (χ2n) is 4.73. The van der Waals surface area contributed by atoms with E-state index < -0.39 is 0 Å². The predicted molar refractivity (Wildman–Crippen MR) is 62.8 cm³/mol. The zero-order valence-electron chi connectivity index (χ0n) is 10.3. The molecule has 1 aliphatic rings. The van der Waals surface area contributed by atoms with Crippen LogP contribution in [0.1, 0.15) is 46.5 Å². The summed E-state index contributed by atoms with van der Waals surface area (Å²) in [6.45, 7) is 8.27. The summed E-state index contributed by atoms with van der Waals surface area (Å²) in [5, 5.41) is 0. The van der Waals surface area contributed by atoms with E-state index >= 15 is 0 Å². The monoisotopic (exact) mass is 212 g/mol. The van der Waals surface area contributed by atoms with Gasteiger partial charge in [-0.1, -0.05) is 25.5 Å². The molecule has 1 rings (SSSR count). The minimum Gasteiger partial charge on any atom is -0.350 e. The molecule has 0 spiro atoms. The molecule has 0 aromatic carbocycles. The lowest BCUT2D eigenvalue weighted by molar-refractivity contribution is -0.0461. The van der Waals surface area contributed by atoms with Gasteiger partial charge < -0.3 is 9.47 Å². The minimum absolute atomic E-state index is 0.0541. The number of ether oxygens (including phenoxy) is 2. The number of hydrogen-bond acceptors (Lipinski definition) is 2. The van der Waals surface area contributed by atoms with Crippen molar-refractivity contribution in [2.45, 2.75) is 52.7 Å². The van der Waals surface area contributed by atoms with Crippen LogP contribution in [-0.2, 0) is 9.47 Å². The van der Waals surface area contributed by atoms with Gasteiger partial charge >= 0.3 is 0 Å². The van der Waals surface area contributed by atoms with E-state index in [1.165, 1.54) is 18.4 Å². The van der Waals surface area contributed by atoms with Crippen LogP contribution in [-0.4, -0.2) is 19.5 Å². The highest BCUT2D eigenvalue weighted by Gasteiger charge is 2.14. The van der Waals surface area contributed by atoms with E-state index in [9.17, 15) is 0 Å². The lowest BCUT2D eigenvalue weighted by atomic mass is 10.0. The molecule has 0 amide bonds. The second kappa shape index (κ2) is 7.02. The molecule has 0 bridgehead atoms. The first-order chi connectivity index (χ1) is 7.18. The Balaban J connectivity index is 2.08. The highest BCUT2D eigenvalue weighted by Crippen LogP contribution is 2.15. The first-order valence-corrected chi connectivity index (χ1v) is 6.07. The Kier molecular flexibility index (Phi) is 5.96. The van der Waals surface area contributed by atoms with Crippen molar-refractivity contribution in [3.05, 3.63) is 11.6 Å². The van der Waals surface area contributed by atoms with Gasteiger partial charge in [0.25, 0.3) is 0 Å². The maximum atomic E-state index is 5.40. The molecule has 88 valence electrons. The molecule has 1 saturated heterocycles. The summed E-state index contributed by atoms with van der Waals surface area (Å²) in [6.07, 6.45) is 7.00. The Morgan fingerprint density at radius 2 is 2.00 bits per heavy atom. The standard InChI is InChI=1S/C13H24O2/c1-11(2)5-4-6-12(3)7-8-13-14-9-10-15-13/h6,11,13H,4-5,7-10H2,1-3H3/b12-6+. The van der Waals surface area contributed by atoms with E-state index in [0.717, 1.165) is 32.0 Å². The summed E-state index contributed by atoms with van der Waals surface area (Å²) < 4.78 is 10.8. The number of allylic oxidation sites excluding steroid dienone is 2. The zero-order valence-corrected chi connectivity index (χ0v) is 10.3. The molecular formula is C13H24O2. The van der Waals surface area contributed by atoms with Crippen molar-refractivity contribution in [2.75, 3.05) is 13.2 Å². The molecule has 0 atom stereocenters. The molecule has 1 aliphatic heterocycles. The van der Waals surface area contributed by atoms with Crippen LogP contribution in [0.2, 0.25) is 0 Å². The zero-order chi connectivity index (χ0) is 11.1. The van der Waals surface area contributed by atoms with Crippen molar-refractivity contribution in [3.63, 3.8) is 0 Å². The van der Waals surface area contributed by atoms with Crippen LogP contribution < -0.4 is 0 Å². The van der Waals surface area contributed by atoms with Gasteiger partial charge in [0.15, 0.2) is 6.29 Å². The molecule has 1 fully saturated rings. The van der Waals surface area contributed by atoms with Crippen LogP contribution in [0.3, 0.4) is 0 Å². The van der Waals surface area contributed by atoms with Gasteiger partial charge in [0.2, 0.25) is 0 Å². The third-order valence-corrected chi connectivity index (χ3v) is 2.70. The highest BCUT2D eigenvalue weighted by molar-refractivity contribution is 4.97. The average molecular weight is 212 g/mol. The SMILES string of the molecule is C/C(=C\CCC(C)C)CCC1OCCO1. The third kappa shape index (κ3) is 5.95. The van der Waals surface area contributed by atoms with Crippen LogP contribution in [0.5, 0.6) is 0 Å². The first-order valence-electron chi connectivity index (χ1n) is 6.07. The Morgan fingerprint density at radius 1 is 1.33 bits per heavy atom. The van der Waals surface area contributed by atoms with Gasteiger partial charge in [0, 0.05) is 6.42 Å². The summed E-state index contributed by atoms with van der Waals surface area (Å²) in [5.41, 5.74) is 1.47. The van der Waals surface area contributed by atoms with Crippen molar-refractivity contribution >= 4 is 0 Å². The maximum absolute atomic E-state index is 5.40. The first kappa shape index (κ1) is 12.7. The smallest absolute Gasteiger partial charge is 0.158 e. The largest absolute Gasteiger partial charge is 0.350 e. The molecule has 0 radical (unpaired) electrons. The topological polar surface area (TPSA) is 18.5 Å². The van der Waals surface area contributed by atoms with Crippen LogP contribution in [0.4, 0.5) is 0 Å². The van der Waals surface area contributed by atoms with Gasteiger partial charge in [-0.3, -0.25) is 0 Å². The third-order valence-electron chi connectivity index (χ3n) is 2.70. The van der Waals surface area contributed by atoms with Crippen LogP contribution >= 0.6 is 0 Å². The van der Waals surface area contributed by atoms with E-state index in [1.807, 2.05) is 0 Å². The van der Waals surface area contributed by atoms with E-state index in [2.05, 4.69) is 26.8 Å². The molecule has 0 saturated carbocycles. The quantitative estimate of drug-likeness (QED) is 0.627. The summed E-state index contributed by atoms with van der Waals surface area (Å²) in [6, 6.07) is 0. The van der Waals surface area contributed by atoms with Crippen LogP contribution in [0.15, 0.2) is 11.6 Å². The predicted octanol–water partition coefficient (Wildman–Crippen LogP) is 3.52. The average Bonchev–Trinajstić information content (AvgIpc) is 2.66. The normalized spacial score (nSPS) is 19.1. The summed E-state index contributed by atoms with van der Waals surface area (Å²) >= 11 is 0. The number of rotatable bonds is 6. The van der Waals surface area contributed by atoms with Crippen molar-refractivity contribution < 1.29 is 9.47 Å². The van der Waals surface area contributed by atoms with Crippen molar-refractivity contribution in [1.82, 2.24) is 0 Å². The van der Waals surface area contributed by atoms with Crippen molar-refractivity contribution in [2.24, 2.45) is 5.92 Å². The summed E-state index contributed by atoms with van der Waals surface area (Å²) in [7, 11) is 0. The molecule has 15 heavy (non-hydrogen) atoms. The lowest BCUT2D eigenvalue weighted by Gasteiger charge is -2.08. The molecule has 1 heterocycles. The lowest BCUT2D eigenvalue weighted by Crippen LogP contribution is -2.06. The molecule has 2 nitrogen and oxygen atoms in total. The van der Waals surface area contributed by atoms with Gasteiger partial charge in [-0.25, -0.2) is 0 Å². The summed E-state index contributed by atoms with van der Waals surface area (Å²) in [5.74, 6) is 0.801. The number of hydrogen-bond donors (Lipinski definition) is 0. The van der Waals surface area contributed by atoms with Gasteiger partial charge in [-0.15, -0.1) is 0 Å². The molecule has 0 unspecified atom stereocenters. The molecule has 0 aromatic rings. The molecular weight excluding hydrogens is 188 g/mol. The maximum Gasteiger partial charge on any atom is 0.158 e. The van der Waals surface area contributed by atoms with E-state index in [4.69, 9.17) is 9.47 Å². The Hall–Kier alpha value is -0.340. The van der Waals surface area contributed by atoms with Crippen molar-refractivity contribution in [3.8, 4) is 0 Å². The van der Waals surface area contributed by atoms with Crippen LogP contribution in [0, 0.1) is 5.92 Å². The molecule has 2 heteroatoms. The minimum atomic E-state index is 0.0541. The highest BCUT2D eigenvalue weighted by atomic mass is 16.7. The van der Waals surface area contributed by atoms with Gasteiger partial charge in [0.1, 0.15) is 0 Å². The van der Waals surface area contributed by atoms with Gasteiger partial charge in [-0.2, -0.15) is 0 Å². The fraction of sp³-hybridized carbons (Fsp3) is 0.846. The molecule has 0 aliphatic carbocycles. The Labute approximate surface area is 93.7 Å². The van der Waals surface area contributed by atoms with E-state index in [0.29, 0.717) is 0 Å². The molecule has 0 aromatic heterocycles. The Morgan fingerprint density at radius 3 is 2.60 bits per heavy atom. The summed E-state index contributed by atoms with van der Waals surface area (Å²) in [4.78, 5) is 0. The van der Waals surface area contributed by atoms with Crippen LogP contribution in [0.25, 0.3) is 0 Å². The fourth-order valence-electron chi connectivity index (χ4n) is 1.68. The second-order valence-corrected chi connectivity index (χ2v) is 4.73. The Bertz CT molecular complexity index is 191. The van der Waals surface area contributed by atoms with Gasteiger partial charge in [-0.05, 0) is 32.1 Å². The fourth-order valence-corrected chi connectivity index (χ4v) is 1.68.